The molecule has 0 fully saturated rings. The van der Waals surface area contributed by atoms with Crippen LogP contribution in [0.2, 0.25) is 0 Å². The van der Waals surface area contributed by atoms with Crippen molar-refractivity contribution in [3.63, 3.8) is 0 Å². The summed E-state index contributed by atoms with van der Waals surface area (Å²) < 4.78 is 4.58. The van der Waals surface area contributed by atoms with Crippen LogP contribution in [0.5, 0.6) is 0 Å². The van der Waals surface area contributed by atoms with Gasteiger partial charge in [-0.2, -0.15) is 0 Å². The monoisotopic (exact) mass is 166 g/mol. The fourth-order valence-corrected chi connectivity index (χ4v) is 1.27. The zero-order chi connectivity index (χ0) is 8.97. The van der Waals surface area contributed by atoms with Crippen LogP contribution in [0.25, 0.3) is 0 Å². The molecule has 0 unspecified atom stereocenters. The summed E-state index contributed by atoms with van der Waals surface area (Å²) in [5.41, 5.74) is 2.56. The maximum atomic E-state index is 10.9. The second-order valence-corrected chi connectivity index (χ2v) is 2.93. The molecule has 0 aromatic carbocycles. The highest BCUT2D eigenvalue weighted by Crippen LogP contribution is 2.23. The Hall–Kier alpha value is -1.05. The van der Waals surface area contributed by atoms with E-state index in [2.05, 4.69) is 17.7 Å². The minimum Gasteiger partial charge on any atom is -0.469 e. The van der Waals surface area contributed by atoms with Crippen molar-refractivity contribution in [2.45, 2.75) is 26.2 Å². The summed E-state index contributed by atoms with van der Waals surface area (Å²) in [6, 6.07) is 0. The third kappa shape index (κ3) is 2.22. The quantitative estimate of drug-likeness (QED) is 0.601. The molecule has 0 N–H and O–H groups in total. The van der Waals surface area contributed by atoms with Crippen LogP contribution in [0.1, 0.15) is 26.2 Å². The molecule has 0 aliphatic heterocycles. The highest BCUT2D eigenvalue weighted by atomic mass is 16.5. The number of esters is 1. The highest BCUT2D eigenvalue weighted by molar-refractivity contribution is 5.72. The molecule has 0 heterocycles. The molecule has 0 aromatic rings. The van der Waals surface area contributed by atoms with Crippen molar-refractivity contribution in [3.8, 4) is 0 Å². The number of carbonyl (C=O) groups excluding carboxylic acids is 1. The van der Waals surface area contributed by atoms with Crippen LogP contribution in [0.4, 0.5) is 0 Å². The van der Waals surface area contributed by atoms with Crippen LogP contribution in [-0.2, 0) is 9.53 Å². The zero-order valence-electron chi connectivity index (χ0n) is 7.59. The van der Waals surface area contributed by atoms with E-state index >= 15 is 0 Å². The van der Waals surface area contributed by atoms with Gasteiger partial charge in [-0.15, -0.1) is 0 Å². The predicted octanol–water partition coefficient (Wildman–Crippen LogP) is 2.22. The molecule has 0 amide bonds. The molecule has 0 saturated heterocycles. The molecule has 66 valence electrons. The Balaban J connectivity index is 2.36. The molecule has 0 saturated carbocycles. The molecular formula is C10H14O2. The largest absolute Gasteiger partial charge is 0.469 e. The number of hydrogen-bond donors (Lipinski definition) is 0. The van der Waals surface area contributed by atoms with E-state index in [1.54, 1.807) is 0 Å². The summed E-state index contributed by atoms with van der Waals surface area (Å²) in [5, 5.41) is 0. The first-order valence-corrected chi connectivity index (χ1v) is 4.20. The first-order valence-electron chi connectivity index (χ1n) is 4.20. The second kappa shape index (κ2) is 4.10. The molecule has 0 bridgehead atoms. The topological polar surface area (TPSA) is 26.3 Å². The normalized spacial score (nSPS) is 15.5. The van der Waals surface area contributed by atoms with E-state index in [1.165, 1.54) is 18.3 Å². The lowest BCUT2D eigenvalue weighted by Gasteiger charge is -2.01. The van der Waals surface area contributed by atoms with E-state index in [9.17, 15) is 4.79 Å². The SMILES string of the molecule is CCC1=CC=C(CC(=O)OC)C1. The lowest BCUT2D eigenvalue weighted by Crippen LogP contribution is -2.00. The Labute approximate surface area is 72.9 Å². The van der Waals surface area contributed by atoms with Gasteiger partial charge in [0.2, 0.25) is 0 Å². The van der Waals surface area contributed by atoms with Crippen molar-refractivity contribution < 1.29 is 9.53 Å². The van der Waals surface area contributed by atoms with Crippen LogP contribution in [-0.4, -0.2) is 13.1 Å². The van der Waals surface area contributed by atoms with Crippen LogP contribution in [0.15, 0.2) is 23.3 Å². The van der Waals surface area contributed by atoms with Crippen LogP contribution >= 0.6 is 0 Å². The third-order valence-electron chi connectivity index (χ3n) is 2.06. The average molecular weight is 166 g/mol. The van der Waals surface area contributed by atoms with Crippen molar-refractivity contribution in [3.05, 3.63) is 23.3 Å². The minimum atomic E-state index is -0.146. The van der Waals surface area contributed by atoms with Crippen molar-refractivity contribution in [1.29, 1.82) is 0 Å². The summed E-state index contributed by atoms with van der Waals surface area (Å²) in [7, 11) is 1.42. The van der Waals surface area contributed by atoms with Crippen molar-refractivity contribution >= 4 is 5.97 Å². The van der Waals surface area contributed by atoms with Gasteiger partial charge in [0.25, 0.3) is 0 Å². The number of hydrogen-bond acceptors (Lipinski definition) is 2. The minimum absolute atomic E-state index is 0.146. The van der Waals surface area contributed by atoms with Gasteiger partial charge in [-0.25, -0.2) is 0 Å². The third-order valence-corrected chi connectivity index (χ3v) is 2.06. The summed E-state index contributed by atoms with van der Waals surface area (Å²) in [6.07, 6.45) is 6.58. The van der Waals surface area contributed by atoms with E-state index in [-0.39, 0.29) is 5.97 Å². The highest BCUT2D eigenvalue weighted by Gasteiger charge is 2.10. The van der Waals surface area contributed by atoms with Crippen LogP contribution < -0.4 is 0 Å². The van der Waals surface area contributed by atoms with Crippen molar-refractivity contribution in [2.24, 2.45) is 0 Å². The zero-order valence-corrected chi connectivity index (χ0v) is 7.59. The van der Waals surface area contributed by atoms with Gasteiger partial charge in [-0.05, 0) is 12.8 Å². The summed E-state index contributed by atoms with van der Waals surface area (Å²) in [4.78, 5) is 10.9. The number of rotatable bonds is 3. The smallest absolute Gasteiger partial charge is 0.309 e. The fraction of sp³-hybridized carbons (Fsp3) is 0.500. The fourth-order valence-electron chi connectivity index (χ4n) is 1.27. The van der Waals surface area contributed by atoms with Gasteiger partial charge in [0.1, 0.15) is 0 Å². The number of allylic oxidation sites excluding steroid dienone is 3. The predicted molar refractivity (Wildman–Crippen MR) is 47.7 cm³/mol. The van der Waals surface area contributed by atoms with Gasteiger partial charge in [0.05, 0.1) is 13.5 Å². The first-order chi connectivity index (χ1) is 5.76. The van der Waals surface area contributed by atoms with E-state index in [1.807, 2.05) is 6.08 Å². The molecule has 0 radical (unpaired) electrons. The van der Waals surface area contributed by atoms with Gasteiger partial charge in [-0.3, -0.25) is 4.79 Å². The molecule has 12 heavy (non-hydrogen) atoms. The van der Waals surface area contributed by atoms with Crippen molar-refractivity contribution in [1.82, 2.24) is 0 Å². The number of methoxy groups -OCH3 is 1. The number of carbonyl (C=O) groups is 1. The van der Waals surface area contributed by atoms with Gasteiger partial charge < -0.3 is 4.74 Å². The Bertz CT molecular complexity index is 236. The van der Waals surface area contributed by atoms with Crippen LogP contribution in [0.3, 0.4) is 0 Å². The van der Waals surface area contributed by atoms with Gasteiger partial charge in [-0.1, -0.05) is 30.2 Å². The molecule has 2 heteroatoms. The van der Waals surface area contributed by atoms with Gasteiger partial charge >= 0.3 is 5.97 Å². The average Bonchev–Trinajstić information content (AvgIpc) is 2.52. The van der Waals surface area contributed by atoms with Crippen LogP contribution in [0, 0.1) is 0 Å². The van der Waals surface area contributed by atoms with E-state index in [4.69, 9.17) is 0 Å². The Morgan fingerprint density at radius 1 is 1.50 bits per heavy atom. The Morgan fingerprint density at radius 2 is 2.17 bits per heavy atom. The maximum absolute atomic E-state index is 10.9. The lowest BCUT2D eigenvalue weighted by molar-refractivity contribution is -0.139. The Kier molecular flexibility index (Phi) is 3.09. The molecule has 1 aliphatic carbocycles. The molecule has 1 rings (SSSR count). The van der Waals surface area contributed by atoms with Gasteiger partial charge in [0, 0.05) is 0 Å². The first kappa shape index (κ1) is 9.04. The molecule has 1 aliphatic rings. The molecule has 0 atom stereocenters. The summed E-state index contributed by atoms with van der Waals surface area (Å²) in [6.45, 7) is 2.13. The van der Waals surface area contributed by atoms with E-state index in [0.29, 0.717) is 6.42 Å². The number of ether oxygens (including phenoxy) is 1. The van der Waals surface area contributed by atoms with E-state index in [0.717, 1.165) is 12.8 Å². The van der Waals surface area contributed by atoms with Crippen molar-refractivity contribution in [2.75, 3.05) is 7.11 Å². The molecule has 0 spiro atoms. The van der Waals surface area contributed by atoms with Gasteiger partial charge in [0.15, 0.2) is 0 Å². The maximum Gasteiger partial charge on any atom is 0.309 e. The second-order valence-electron chi connectivity index (χ2n) is 2.93. The van der Waals surface area contributed by atoms with E-state index < -0.39 is 0 Å². The molecular weight excluding hydrogens is 152 g/mol. The molecule has 0 aromatic heterocycles. The Morgan fingerprint density at radius 3 is 2.67 bits per heavy atom. The lowest BCUT2D eigenvalue weighted by atomic mass is 10.1. The summed E-state index contributed by atoms with van der Waals surface area (Å²) >= 11 is 0. The molecule has 2 nitrogen and oxygen atoms in total. The standard InChI is InChI=1S/C10H14O2/c1-3-8-4-5-9(6-8)7-10(11)12-2/h4-5H,3,6-7H2,1-2H3. The summed E-state index contributed by atoms with van der Waals surface area (Å²) in [5.74, 6) is -0.146.